The molecule has 3 rings (SSSR count). The Morgan fingerprint density at radius 1 is 1.11 bits per heavy atom. The molecular formula is C16H16BrNO. The monoisotopic (exact) mass is 317 g/mol. The largest absolute Gasteiger partial charge is 0.508 e. The number of hydrogen-bond donors (Lipinski definition) is 2. The summed E-state index contributed by atoms with van der Waals surface area (Å²) in [5, 5.41) is 13.0. The highest BCUT2D eigenvalue weighted by Crippen LogP contribution is 2.33. The summed E-state index contributed by atoms with van der Waals surface area (Å²) >= 11 is 3.48. The van der Waals surface area contributed by atoms with E-state index in [0.29, 0.717) is 5.75 Å². The lowest BCUT2D eigenvalue weighted by atomic mass is 9.71. The van der Waals surface area contributed by atoms with E-state index in [1.807, 2.05) is 12.1 Å². The molecule has 0 atom stereocenters. The van der Waals surface area contributed by atoms with Crippen LogP contribution in [0, 0.1) is 0 Å². The van der Waals surface area contributed by atoms with E-state index in [-0.39, 0.29) is 5.41 Å². The van der Waals surface area contributed by atoms with Crippen molar-refractivity contribution < 1.29 is 5.11 Å². The second-order valence-electron chi connectivity index (χ2n) is 5.24. The van der Waals surface area contributed by atoms with Crippen LogP contribution in [0.3, 0.4) is 0 Å². The van der Waals surface area contributed by atoms with Gasteiger partial charge in [-0.15, -0.1) is 0 Å². The van der Waals surface area contributed by atoms with Gasteiger partial charge in [0.25, 0.3) is 0 Å². The summed E-state index contributed by atoms with van der Waals surface area (Å²) in [5.41, 5.74) is 2.70. The smallest absolute Gasteiger partial charge is 0.115 e. The Balaban J connectivity index is 1.89. The lowest BCUT2D eigenvalue weighted by molar-refractivity contribution is 0.274. The van der Waals surface area contributed by atoms with Crippen molar-refractivity contribution in [1.29, 1.82) is 0 Å². The fraction of sp³-hybridized carbons (Fsp3) is 0.250. The average molecular weight is 318 g/mol. The van der Waals surface area contributed by atoms with E-state index in [0.717, 1.165) is 24.0 Å². The topological polar surface area (TPSA) is 32.3 Å². The Morgan fingerprint density at radius 3 is 2.42 bits per heavy atom. The highest BCUT2D eigenvalue weighted by atomic mass is 79.9. The molecule has 0 saturated carbocycles. The molecule has 1 saturated heterocycles. The van der Waals surface area contributed by atoms with Crippen molar-refractivity contribution in [2.24, 2.45) is 0 Å². The molecular weight excluding hydrogens is 302 g/mol. The first kappa shape index (κ1) is 12.7. The molecule has 1 aliphatic heterocycles. The minimum absolute atomic E-state index is 0.161. The summed E-state index contributed by atoms with van der Waals surface area (Å²) < 4.78 is 1.11. The minimum atomic E-state index is 0.161. The number of nitrogens with one attached hydrogen (secondary N) is 1. The fourth-order valence-corrected chi connectivity index (χ4v) is 2.98. The van der Waals surface area contributed by atoms with Gasteiger partial charge in [0.15, 0.2) is 0 Å². The van der Waals surface area contributed by atoms with Crippen molar-refractivity contribution in [3.63, 3.8) is 0 Å². The van der Waals surface area contributed by atoms with Crippen LogP contribution < -0.4 is 5.32 Å². The van der Waals surface area contributed by atoms with Gasteiger partial charge >= 0.3 is 0 Å². The van der Waals surface area contributed by atoms with E-state index in [9.17, 15) is 5.11 Å². The maximum absolute atomic E-state index is 9.59. The molecule has 1 heterocycles. The molecule has 0 aliphatic carbocycles. The average Bonchev–Trinajstić information content (AvgIpc) is 2.35. The predicted molar refractivity (Wildman–Crippen MR) is 80.5 cm³/mol. The van der Waals surface area contributed by atoms with Crippen molar-refractivity contribution >= 4 is 15.9 Å². The van der Waals surface area contributed by atoms with E-state index in [2.05, 4.69) is 51.6 Å². The van der Waals surface area contributed by atoms with Gasteiger partial charge in [-0.2, -0.15) is 0 Å². The molecule has 0 spiro atoms. The Morgan fingerprint density at radius 2 is 1.84 bits per heavy atom. The van der Waals surface area contributed by atoms with Crippen molar-refractivity contribution in [3.05, 3.63) is 64.1 Å². The summed E-state index contributed by atoms with van der Waals surface area (Å²) in [4.78, 5) is 0. The van der Waals surface area contributed by atoms with Gasteiger partial charge in [0.2, 0.25) is 0 Å². The quantitative estimate of drug-likeness (QED) is 0.911. The highest BCUT2D eigenvalue weighted by molar-refractivity contribution is 9.10. The van der Waals surface area contributed by atoms with Gasteiger partial charge in [-0.25, -0.2) is 0 Å². The van der Waals surface area contributed by atoms with Gasteiger partial charge in [0, 0.05) is 23.0 Å². The first-order valence-electron chi connectivity index (χ1n) is 6.43. The van der Waals surface area contributed by atoms with Crippen molar-refractivity contribution in [2.45, 2.75) is 11.8 Å². The van der Waals surface area contributed by atoms with Gasteiger partial charge in [-0.05, 0) is 41.8 Å². The predicted octanol–water partition coefficient (Wildman–Crippen LogP) is 3.24. The van der Waals surface area contributed by atoms with E-state index in [4.69, 9.17) is 0 Å². The maximum atomic E-state index is 9.59. The summed E-state index contributed by atoms with van der Waals surface area (Å²) in [6, 6.07) is 16.1. The van der Waals surface area contributed by atoms with Crippen LogP contribution in [0.25, 0.3) is 0 Å². The lowest BCUT2D eigenvalue weighted by Gasteiger charge is -2.43. The van der Waals surface area contributed by atoms with Gasteiger partial charge in [-0.3, -0.25) is 0 Å². The zero-order chi connectivity index (χ0) is 13.3. The van der Waals surface area contributed by atoms with E-state index < -0.39 is 0 Å². The van der Waals surface area contributed by atoms with Crippen LogP contribution >= 0.6 is 15.9 Å². The Bertz CT molecular complexity index is 576. The SMILES string of the molecule is Oc1cccc(CC2(c3ccc(Br)cc3)CNC2)c1. The van der Waals surface area contributed by atoms with E-state index >= 15 is 0 Å². The number of phenols is 1. The number of benzene rings is 2. The molecule has 2 aromatic rings. The van der Waals surface area contributed by atoms with Gasteiger partial charge in [0.1, 0.15) is 5.75 Å². The number of rotatable bonds is 3. The third-order valence-corrected chi connectivity index (χ3v) is 4.37. The first-order chi connectivity index (χ1) is 9.18. The zero-order valence-electron chi connectivity index (χ0n) is 10.6. The maximum Gasteiger partial charge on any atom is 0.115 e. The van der Waals surface area contributed by atoms with Crippen LogP contribution in [0.4, 0.5) is 0 Å². The zero-order valence-corrected chi connectivity index (χ0v) is 12.2. The number of hydrogen-bond acceptors (Lipinski definition) is 2. The van der Waals surface area contributed by atoms with Gasteiger partial charge in [-0.1, -0.05) is 40.2 Å². The Kier molecular flexibility index (Phi) is 3.33. The van der Waals surface area contributed by atoms with Crippen LogP contribution in [0.5, 0.6) is 5.75 Å². The molecule has 2 aromatic carbocycles. The highest BCUT2D eigenvalue weighted by Gasteiger charge is 2.38. The molecule has 0 amide bonds. The third-order valence-electron chi connectivity index (χ3n) is 3.84. The second-order valence-corrected chi connectivity index (χ2v) is 6.15. The van der Waals surface area contributed by atoms with Crippen molar-refractivity contribution in [2.75, 3.05) is 13.1 Å². The van der Waals surface area contributed by atoms with Gasteiger partial charge < -0.3 is 10.4 Å². The number of aromatic hydroxyl groups is 1. The first-order valence-corrected chi connectivity index (χ1v) is 7.22. The van der Waals surface area contributed by atoms with E-state index in [1.54, 1.807) is 6.07 Å². The minimum Gasteiger partial charge on any atom is -0.508 e. The normalized spacial score (nSPS) is 16.9. The van der Waals surface area contributed by atoms with E-state index in [1.165, 1.54) is 11.1 Å². The molecule has 3 heteroatoms. The molecule has 2 N–H and O–H groups in total. The summed E-state index contributed by atoms with van der Waals surface area (Å²) in [5.74, 6) is 0.343. The number of halogens is 1. The molecule has 0 bridgehead atoms. The van der Waals surface area contributed by atoms with Crippen molar-refractivity contribution in [3.8, 4) is 5.75 Å². The molecule has 0 aromatic heterocycles. The molecule has 0 unspecified atom stereocenters. The standard InChI is InChI=1S/C16H16BrNO/c17-14-6-4-13(5-7-14)16(10-18-11-16)9-12-2-1-3-15(19)8-12/h1-8,18-19H,9-11H2. The van der Waals surface area contributed by atoms with Crippen LogP contribution in [-0.2, 0) is 11.8 Å². The van der Waals surface area contributed by atoms with Crippen molar-refractivity contribution in [1.82, 2.24) is 5.32 Å². The summed E-state index contributed by atoms with van der Waals surface area (Å²) in [6.45, 7) is 1.98. The summed E-state index contributed by atoms with van der Waals surface area (Å²) in [7, 11) is 0. The molecule has 1 aliphatic rings. The van der Waals surface area contributed by atoms with Crippen LogP contribution in [0.15, 0.2) is 53.0 Å². The number of phenolic OH excluding ortho intramolecular Hbond substituents is 1. The second kappa shape index (κ2) is 4.99. The molecule has 19 heavy (non-hydrogen) atoms. The van der Waals surface area contributed by atoms with Crippen LogP contribution in [0.2, 0.25) is 0 Å². The van der Waals surface area contributed by atoms with Crippen LogP contribution in [-0.4, -0.2) is 18.2 Å². The molecule has 0 radical (unpaired) electrons. The lowest BCUT2D eigenvalue weighted by Crippen LogP contribution is -2.58. The van der Waals surface area contributed by atoms with Crippen LogP contribution in [0.1, 0.15) is 11.1 Å². The fourth-order valence-electron chi connectivity index (χ4n) is 2.72. The third kappa shape index (κ3) is 2.53. The molecule has 1 fully saturated rings. The molecule has 2 nitrogen and oxygen atoms in total. The summed E-state index contributed by atoms with van der Waals surface area (Å²) in [6.07, 6.45) is 0.954. The Labute approximate surface area is 121 Å². The Hall–Kier alpha value is -1.32. The molecule has 98 valence electrons. The van der Waals surface area contributed by atoms with Gasteiger partial charge in [0.05, 0.1) is 0 Å².